The Labute approximate surface area is 164 Å². The molecular weight excluding hydrogens is 358 g/mol. The number of hydrogen-bond acceptors (Lipinski definition) is 4. The molecule has 1 heterocycles. The Bertz CT molecular complexity index is 843. The van der Waals surface area contributed by atoms with Crippen LogP contribution >= 0.6 is 0 Å². The highest BCUT2D eigenvalue weighted by Crippen LogP contribution is 2.25. The van der Waals surface area contributed by atoms with Crippen LogP contribution in [0.15, 0.2) is 42.5 Å². The van der Waals surface area contributed by atoms with Crippen LogP contribution in [0.3, 0.4) is 0 Å². The summed E-state index contributed by atoms with van der Waals surface area (Å²) in [5.74, 6) is 0.0407. The van der Waals surface area contributed by atoms with Gasteiger partial charge in [0.05, 0.1) is 18.6 Å². The maximum absolute atomic E-state index is 12.4. The molecule has 0 aliphatic carbocycles. The molecule has 1 fully saturated rings. The minimum absolute atomic E-state index is 0.104. The Hall–Kier alpha value is -2.86. The Morgan fingerprint density at radius 2 is 1.96 bits per heavy atom. The summed E-state index contributed by atoms with van der Waals surface area (Å²) in [6.45, 7) is 4.18. The van der Waals surface area contributed by atoms with Crippen LogP contribution in [-0.2, 0) is 16.0 Å². The van der Waals surface area contributed by atoms with Crippen molar-refractivity contribution in [3.05, 3.63) is 59.2 Å². The molecule has 3 rings (SSSR count). The maximum Gasteiger partial charge on any atom is 0.335 e. The fourth-order valence-corrected chi connectivity index (χ4v) is 3.16. The molecular formula is C22H25NO5. The van der Waals surface area contributed by atoms with Crippen molar-refractivity contribution in [1.29, 1.82) is 0 Å². The van der Waals surface area contributed by atoms with Crippen LogP contribution in [0.4, 0.5) is 5.69 Å². The predicted molar refractivity (Wildman–Crippen MR) is 106 cm³/mol. The van der Waals surface area contributed by atoms with Gasteiger partial charge in [-0.3, -0.25) is 4.79 Å². The molecule has 1 aliphatic rings. The van der Waals surface area contributed by atoms with Crippen molar-refractivity contribution in [2.75, 3.05) is 25.1 Å². The minimum atomic E-state index is -1.01. The number of amides is 1. The lowest BCUT2D eigenvalue weighted by Crippen LogP contribution is -2.21. The number of rotatable bonds is 7. The van der Waals surface area contributed by atoms with E-state index in [9.17, 15) is 9.59 Å². The summed E-state index contributed by atoms with van der Waals surface area (Å²) >= 11 is 0. The number of ether oxygens (including phenoxy) is 2. The molecule has 0 saturated carbocycles. The molecule has 0 aromatic heterocycles. The Kier molecular flexibility index (Phi) is 6.66. The molecule has 2 N–H and O–H groups in total. The van der Waals surface area contributed by atoms with Crippen LogP contribution in [0.2, 0.25) is 0 Å². The summed E-state index contributed by atoms with van der Waals surface area (Å²) in [4.78, 5) is 23.4. The lowest BCUT2D eigenvalue weighted by atomic mass is 10.0. The van der Waals surface area contributed by atoms with E-state index in [1.807, 2.05) is 25.1 Å². The van der Waals surface area contributed by atoms with Crippen molar-refractivity contribution in [2.45, 2.75) is 26.2 Å². The summed E-state index contributed by atoms with van der Waals surface area (Å²) < 4.78 is 11.4. The van der Waals surface area contributed by atoms with Gasteiger partial charge in [0.15, 0.2) is 0 Å². The van der Waals surface area contributed by atoms with E-state index >= 15 is 0 Å². The van der Waals surface area contributed by atoms with Gasteiger partial charge in [-0.05, 0) is 55.0 Å². The predicted octanol–water partition coefficient (Wildman–Crippen LogP) is 3.68. The van der Waals surface area contributed by atoms with Gasteiger partial charge in [0.2, 0.25) is 5.91 Å². The number of carbonyl (C=O) groups excluding carboxylic acids is 1. The fraction of sp³-hybridized carbons (Fsp3) is 0.364. The van der Waals surface area contributed by atoms with Gasteiger partial charge in [-0.25, -0.2) is 4.79 Å². The molecule has 1 aliphatic heterocycles. The summed E-state index contributed by atoms with van der Waals surface area (Å²) in [5, 5.41) is 11.9. The standard InChI is InChI=1S/C22H25NO5/c1-15-5-6-19(13-20(15)28-14-16-7-9-27-10-8-16)23-21(24)12-17-3-2-4-18(11-17)22(25)26/h2-6,11,13,16H,7-10,12,14H2,1H3,(H,23,24)(H,25,26). The number of carbonyl (C=O) groups is 2. The molecule has 28 heavy (non-hydrogen) atoms. The van der Waals surface area contributed by atoms with Crippen LogP contribution < -0.4 is 10.1 Å². The molecule has 1 amide bonds. The zero-order chi connectivity index (χ0) is 19.9. The maximum atomic E-state index is 12.4. The molecule has 6 heteroatoms. The third kappa shape index (κ3) is 5.57. The topological polar surface area (TPSA) is 84.9 Å². The minimum Gasteiger partial charge on any atom is -0.493 e. The lowest BCUT2D eigenvalue weighted by molar-refractivity contribution is -0.115. The van der Waals surface area contributed by atoms with Gasteiger partial charge < -0.3 is 19.9 Å². The number of carboxylic acid groups (broad SMARTS) is 1. The van der Waals surface area contributed by atoms with Crippen molar-refractivity contribution >= 4 is 17.6 Å². The number of aryl methyl sites for hydroxylation is 1. The van der Waals surface area contributed by atoms with E-state index in [1.165, 1.54) is 12.1 Å². The van der Waals surface area contributed by atoms with Crippen molar-refractivity contribution in [3.8, 4) is 5.75 Å². The summed E-state index contributed by atoms with van der Waals surface area (Å²) in [6.07, 6.45) is 2.11. The molecule has 2 aromatic carbocycles. The van der Waals surface area contributed by atoms with Crippen LogP contribution in [0, 0.1) is 12.8 Å². The summed E-state index contributed by atoms with van der Waals surface area (Å²) in [5.41, 5.74) is 2.50. The van der Waals surface area contributed by atoms with Crippen LogP contribution in [0.5, 0.6) is 5.75 Å². The van der Waals surface area contributed by atoms with Crippen LogP contribution in [0.1, 0.15) is 34.3 Å². The van der Waals surface area contributed by atoms with Crippen molar-refractivity contribution in [3.63, 3.8) is 0 Å². The first-order chi connectivity index (χ1) is 13.5. The van der Waals surface area contributed by atoms with E-state index in [4.69, 9.17) is 14.6 Å². The highest BCUT2D eigenvalue weighted by molar-refractivity contribution is 5.93. The quantitative estimate of drug-likeness (QED) is 0.762. The Morgan fingerprint density at radius 3 is 2.71 bits per heavy atom. The van der Waals surface area contributed by atoms with Gasteiger partial charge >= 0.3 is 5.97 Å². The number of benzene rings is 2. The van der Waals surface area contributed by atoms with Crippen molar-refractivity contribution in [1.82, 2.24) is 0 Å². The second-order valence-electron chi connectivity index (χ2n) is 7.08. The molecule has 0 unspecified atom stereocenters. The van der Waals surface area contributed by atoms with Gasteiger partial charge in [-0.2, -0.15) is 0 Å². The van der Waals surface area contributed by atoms with Gasteiger partial charge in [0, 0.05) is 25.0 Å². The van der Waals surface area contributed by atoms with E-state index in [-0.39, 0.29) is 17.9 Å². The van der Waals surface area contributed by atoms with Gasteiger partial charge in [-0.15, -0.1) is 0 Å². The van der Waals surface area contributed by atoms with Crippen molar-refractivity contribution < 1.29 is 24.2 Å². The second-order valence-corrected chi connectivity index (χ2v) is 7.08. The number of carboxylic acids is 1. The zero-order valence-corrected chi connectivity index (χ0v) is 15.9. The third-order valence-corrected chi connectivity index (χ3v) is 4.83. The number of aromatic carboxylic acids is 1. The molecule has 0 bridgehead atoms. The molecule has 2 aromatic rings. The van der Waals surface area contributed by atoms with Crippen LogP contribution in [-0.4, -0.2) is 36.8 Å². The molecule has 1 saturated heterocycles. The SMILES string of the molecule is Cc1ccc(NC(=O)Cc2cccc(C(=O)O)c2)cc1OCC1CCOCC1. The average molecular weight is 383 g/mol. The van der Waals surface area contributed by atoms with Gasteiger partial charge in [-0.1, -0.05) is 18.2 Å². The first-order valence-electron chi connectivity index (χ1n) is 9.44. The van der Waals surface area contributed by atoms with Gasteiger partial charge in [0.25, 0.3) is 0 Å². The van der Waals surface area contributed by atoms with E-state index in [0.717, 1.165) is 37.4 Å². The summed E-state index contributed by atoms with van der Waals surface area (Å²) in [6, 6.07) is 12.0. The van der Waals surface area contributed by atoms with E-state index in [0.29, 0.717) is 23.8 Å². The lowest BCUT2D eigenvalue weighted by Gasteiger charge is -2.22. The first-order valence-corrected chi connectivity index (χ1v) is 9.44. The number of anilines is 1. The monoisotopic (exact) mass is 383 g/mol. The van der Waals surface area contributed by atoms with E-state index < -0.39 is 5.97 Å². The highest BCUT2D eigenvalue weighted by Gasteiger charge is 2.15. The first kappa shape index (κ1) is 19.9. The normalized spacial score (nSPS) is 14.5. The Balaban J connectivity index is 1.59. The summed E-state index contributed by atoms with van der Waals surface area (Å²) in [7, 11) is 0. The zero-order valence-electron chi connectivity index (χ0n) is 15.9. The Morgan fingerprint density at radius 1 is 1.18 bits per heavy atom. The smallest absolute Gasteiger partial charge is 0.335 e. The molecule has 0 radical (unpaired) electrons. The second kappa shape index (κ2) is 9.37. The molecule has 6 nitrogen and oxygen atoms in total. The van der Waals surface area contributed by atoms with Gasteiger partial charge in [0.1, 0.15) is 5.75 Å². The molecule has 0 atom stereocenters. The van der Waals surface area contributed by atoms with Crippen molar-refractivity contribution in [2.24, 2.45) is 5.92 Å². The molecule has 148 valence electrons. The molecule has 0 spiro atoms. The average Bonchev–Trinajstić information content (AvgIpc) is 2.69. The van der Waals surface area contributed by atoms with E-state index in [1.54, 1.807) is 12.1 Å². The largest absolute Gasteiger partial charge is 0.493 e. The third-order valence-electron chi connectivity index (χ3n) is 4.83. The number of nitrogens with one attached hydrogen (secondary N) is 1. The van der Waals surface area contributed by atoms with E-state index in [2.05, 4.69) is 5.32 Å². The fourth-order valence-electron chi connectivity index (χ4n) is 3.16. The highest BCUT2D eigenvalue weighted by atomic mass is 16.5. The van der Waals surface area contributed by atoms with Crippen LogP contribution in [0.25, 0.3) is 0 Å². The number of hydrogen-bond donors (Lipinski definition) is 2.